The Balaban J connectivity index is 2.44. The topological polar surface area (TPSA) is 40.5 Å². The molecule has 18 heavy (non-hydrogen) atoms. The molecular weight excluding hydrogens is 226 g/mol. The molecule has 0 radical (unpaired) electrons. The lowest BCUT2D eigenvalue weighted by Gasteiger charge is -2.36. The van der Waals surface area contributed by atoms with Gasteiger partial charge in [0.2, 0.25) is 5.91 Å². The molecular formula is C15H21NO2. The average Bonchev–Trinajstić information content (AvgIpc) is 2.28. The Kier molecular flexibility index (Phi) is 3.20. The summed E-state index contributed by atoms with van der Waals surface area (Å²) in [5.41, 5.74) is 2.45. The molecule has 0 fully saturated rings. The fraction of sp³-hybridized carbons (Fsp3) is 0.533. The summed E-state index contributed by atoms with van der Waals surface area (Å²) in [5, 5.41) is 10.1. The first-order valence-corrected chi connectivity index (χ1v) is 6.41. The third-order valence-electron chi connectivity index (χ3n) is 3.35. The van der Waals surface area contributed by atoms with Crippen LogP contribution in [-0.2, 0) is 4.79 Å². The molecule has 0 spiro atoms. The Morgan fingerprint density at radius 2 is 2.06 bits per heavy atom. The number of anilines is 1. The van der Waals surface area contributed by atoms with Crippen molar-refractivity contribution in [1.29, 1.82) is 0 Å². The fourth-order valence-electron chi connectivity index (χ4n) is 2.33. The van der Waals surface area contributed by atoms with Gasteiger partial charge in [0.25, 0.3) is 0 Å². The van der Waals surface area contributed by atoms with E-state index in [2.05, 4.69) is 0 Å². The van der Waals surface area contributed by atoms with Gasteiger partial charge in [0.1, 0.15) is 0 Å². The maximum Gasteiger partial charge on any atom is 0.232 e. The van der Waals surface area contributed by atoms with Gasteiger partial charge < -0.3 is 10.0 Å². The van der Waals surface area contributed by atoms with E-state index in [0.29, 0.717) is 13.0 Å². The van der Waals surface area contributed by atoms with Crippen LogP contribution in [0.5, 0.6) is 0 Å². The number of amides is 1. The molecule has 0 bridgehead atoms. The number of rotatable bonds is 0. The molecule has 1 unspecified atom stereocenters. The molecule has 1 heterocycles. The molecule has 3 nitrogen and oxygen atoms in total. The first kappa shape index (κ1) is 13.1. The number of aryl methyl sites for hydroxylation is 1. The Bertz CT molecular complexity index is 474. The van der Waals surface area contributed by atoms with Crippen LogP contribution >= 0.6 is 0 Å². The van der Waals surface area contributed by atoms with E-state index >= 15 is 0 Å². The maximum absolute atomic E-state index is 12.4. The minimum atomic E-state index is -0.455. The lowest BCUT2D eigenvalue weighted by Crippen LogP contribution is -2.43. The second-order valence-corrected chi connectivity index (χ2v) is 6.07. The number of nitrogens with zero attached hydrogens (tertiary/aromatic N) is 1. The molecule has 3 heteroatoms. The van der Waals surface area contributed by atoms with E-state index in [0.717, 1.165) is 16.8 Å². The quantitative estimate of drug-likeness (QED) is 0.766. The zero-order chi connectivity index (χ0) is 13.5. The van der Waals surface area contributed by atoms with E-state index in [1.54, 1.807) is 0 Å². The smallest absolute Gasteiger partial charge is 0.232 e. The number of hydrogen-bond acceptors (Lipinski definition) is 2. The van der Waals surface area contributed by atoms with Crippen LogP contribution in [0.4, 0.5) is 5.69 Å². The van der Waals surface area contributed by atoms with Gasteiger partial charge in [0, 0.05) is 23.2 Å². The molecule has 0 aromatic heterocycles. The number of carbonyl (C=O) groups is 1. The Morgan fingerprint density at radius 3 is 2.67 bits per heavy atom. The van der Waals surface area contributed by atoms with Crippen molar-refractivity contribution in [3.05, 3.63) is 29.3 Å². The van der Waals surface area contributed by atoms with E-state index in [1.165, 1.54) is 0 Å². The summed E-state index contributed by atoms with van der Waals surface area (Å²) in [5.74, 6) is 0.111. The van der Waals surface area contributed by atoms with Gasteiger partial charge in [-0.15, -0.1) is 0 Å². The summed E-state index contributed by atoms with van der Waals surface area (Å²) in [4.78, 5) is 14.2. The summed E-state index contributed by atoms with van der Waals surface area (Å²) in [7, 11) is 0. The highest BCUT2D eigenvalue weighted by Gasteiger charge is 2.33. The molecule has 0 aliphatic carbocycles. The van der Waals surface area contributed by atoms with Gasteiger partial charge in [-0.05, 0) is 19.4 Å². The Morgan fingerprint density at radius 1 is 1.39 bits per heavy atom. The van der Waals surface area contributed by atoms with Gasteiger partial charge in [-0.25, -0.2) is 0 Å². The van der Waals surface area contributed by atoms with Crippen molar-refractivity contribution in [3.63, 3.8) is 0 Å². The minimum absolute atomic E-state index is 0.111. The highest BCUT2D eigenvalue weighted by Crippen LogP contribution is 2.36. The lowest BCUT2D eigenvalue weighted by molar-refractivity contribution is -0.126. The first-order chi connectivity index (χ1) is 8.30. The van der Waals surface area contributed by atoms with Gasteiger partial charge in [0.05, 0.1) is 6.10 Å². The third kappa shape index (κ3) is 2.27. The average molecular weight is 247 g/mol. The van der Waals surface area contributed by atoms with Crippen molar-refractivity contribution in [2.24, 2.45) is 5.41 Å². The number of benzene rings is 1. The van der Waals surface area contributed by atoms with Gasteiger partial charge in [-0.1, -0.05) is 38.5 Å². The molecule has 1 amide bonds. The first-order valence-electron chi connectivity index (χ1n) is 6.41. The maximum atomic E-state index is 12.4. The number of fused-ring (bicyclic) bond motifs is 1. The number of aliphatic hydroxyl groups is 1. The van der Waals surface area contributed by atoms with Crippen molar-refractivity contribution in [2.45, 2.75) is 40.2 Å². The molecule has 1 aromatic carbocycles. The zero-order valence-corrected chi connectivity index (χ0v) is 11.5. The molecule has 98 valence electrons. The molecule has 1 atom stereocenters. The summed E-state index contributed by atoms with van der Waals surface area (Å²) in [6.45, 7) is 8.36. The van der Waals surface area contributed by atoms with Crippen LogP contribution in [0.15, 0.2) is 18.2 Å². The lowest BCUT2D eigenvalue weighted by atomic mass is 9.91. The predicted molar refractivity (Wildman–Crippen MR) is 72.6 cm³/mol. The fourth-order valence-corrected chi connectivity index (χ4v) is 2.33. The van der Waals surface area contributed by atoms with E-state index in [-0.39, 0.29) is 5.91 Å². The molecule has 1 aliphatic rings. The normalized spacial score (nSPS) is 19.6. The molecule has 1 aromatic rings. The van der Waals surface area contributed by atoms with Crippen molar-refractivity contribution in [3.8, 4) is 0 Å². The van der Waals surface area contributed by atoms with Crippen LogP contribution in [0.1, 0.15) is 44.4 Å². The highest BCUT2D eigenvalue weighted by molar-refractivity contribution is 5.98. The van der Waals surface area contributed by atoms with Gasteiger partial charge >= 0.3 is 0 Å². The second kappa shape index (κ2) is 4.39. The molecule has 2 rings (SSSR count). The van der Waals surface area contributed by atoms with Crippen LogP contribution in [0.25, 0.3) is 0 Å². The van der Waals surface area contributed by atoms with Crippen molar-refractivity contribution < 1.29 is 9.90 Å². The Labute approximate surface area is 108 Å². The molecule has 0 saturated heterocycles. The van der Waals surface area contributed by atoms with Gasteiger partial charge in [-0.2, -0.15) is 0 Å². The second-order valence-electron chi connectivity index (χ2n) is 6.07. The van der Waals surface area contributed by atoms with Crippen molar-refractivity contribution in [1.82, 2.24) is 0 Å². The van der Waals surface area contributed by atoms with Crippen molar-refractivity contribution >= 4 is 11.6 Å². The summed E-state index contributed by atoms with van der Waals surface area (Å²) in [6, 6.07) is 5.90. The monoisotopic (exact) mass is 247 g/mol. The number of aliphatic hydroxyl groups excluding tert-OH is 1. The van der Waals surface area contributed by atoms with Crippen LogP contribution < -0.4 is 4.90 Å². The van der Waals surface area contributed by atoms with Gasteiger partial charge in [0.15, 0.2) is 0 Å². The van der Waals surface area contributed by atoms with Crippen LogP contribution in [-0.4, -0.2) is 17.6 Å². The number of hydrogen-bond donors (Lipinski definition) is 1. The van der Waals surface area contributed by atoms with Crippen molar-refractivity contribution in [2.75, 3.05) is 11.4 Å². The van der Waals surface area contributed by atoms with Crippen LogP contribution in [0.2, 0.25) is 0 Å². The number of carbonyl (C=O) groups excluding carboxylic acids is 1. The minimum Gasteiger partial charge on any atom is -0.388 e. The van der Waals surface area contributed by atoms with E-state index in [4.69, 9.17) is 0 Å². The standard InChI is InChI=1S/C15H21NO2/c1-10-5-6-12-11(9-10)13(17)7-8-16(12)14(18)15(2,3)4/h5-6,9,13,17H,7-8H2,1-4H3. The van der Waals surface area contributed by atoms with E-state index in [1.807, 2.05) is 50.8 Å². The zero-order valence-electron chi connectivity index (χ0n) is 11.5. The molecule has 1 aliphatic heterocycles. The SMILES string of the molecule is Cc1ccc2c(c1)C(O)CCN2C(=O)C(C)(C)C. The van der Waals surface area contributed by atoms with Crippen LogP contribution in [0.3, 0.4) is 0 Å². The molecule has 1 N–H and O–H groups in total. The molecule has 0 saturated carbocycles. The largest absolute Gasteiger partial charge is 0.388 e. The third-order valence-corrected chi connectivity index (χ3v) is 3.35. The van der Waals surface area contributed by atoms with Gasteiger partial charge in [-0.3, -0.25) is 4.79 Å². The van der Waals surface area contributed by atoms with E-state index in [9.17, 15) is 9.90 Å². The van der Waals surface area contributed by atoms with Crippen LogP contribution in [0, 0.1) is 12.3 Å². The summed E-state index contributed by atoms with van der Waals surface area (Å²) < 4.78 is 0. The summed E-state index contributed by atoms with van der Waals surface area (Å²) in [6.07, 6.45) is 0.155. The summed E-state index contributed by atoms with van der Waals surface area (Å²) >= 11 is 0. The highest BCUT2D eigenvalue weighted by atomic mass is 16.3. The predicted octanol–water partition coefficient (Wildman–Crippen LogP) is 2.81. The van der Waals surface area contributed by atoms with E-state index < -0.39 is 11.5 Å². The Hall–Kier alpha value is -1.35.